The standard InChI is InChI=1S/C25H29ClN6O3.2C2H6/c1-31(20-5-2-17(15-27)21(26)14-20)19-6-3-18(4-7-19)28-24(33)22-8-9-23(30-29-22)32-12-10-16(11-13-32)25(34)35;2*1-2/h2,5,8-9,14,16,18-19H,3-4,6-7,10-13H2,1H3,(H,28,33)(H,34,35);2*1-2H3. The van der Waals surface area contributed by atoms with Gasteiger partial charge in [-0.05, 0) is 68.9 Å². The van der Waals surface area contributed by atoms with E-state index in [9.17, 15) is 9.59 Å². The molecule has 1 aliphatic carbocycles. The lowest BCUT2D eigenvalue weighted by atomic mass is 9.90. The van der Waals surface area contributed by atoms with E-state index in [-0.39, 0.29) is 23.6 Å². The zero-order chi connectivity index (χ0) is 28.9. The van der Waals surface area contributed by atoms with Crippen molar-refractivity contribution >= 4 is 35.0 Å². The van der Waals surface area contributed by atoms with E-state index in [0.29, 0.717) is 48.4 Å². The number of aliphatic carboxylic acids is 1. The summed E-state index contributed by atoms with van der Waals surface area (Å²) in [6.45, 7) is 9.23. The molecule has 0 radical (unpaired) electrons. The van der Waals surface area contributed by atoms with Gasteiger partial charge in [0.1, 0.15) is 6.07 Å². The summed E-state index contributed by atoms with van der Waals surface area (Å²) in [5.41, 5.74) is 1.72. The van der Waals surface area contributed by atoms with Crippen molar-refractivity contribution in [2.75, 3.05) is 29.9 Å². The summed E-state index contributed by atoms with van der Waals surface area (Å²) in [6.07, 6.45) is 4.72. The van der Waals surface area contributed by atoms with Crippen LogP contribution in [-0.4, -0.2) is 59.4 Å². The SMILES string of the molecule is CC.CC.CN(c1ccc(C#N)c(Cl)c1)C1CCC(NC(=O)c2ccc(N3CCC(C(=O)O)CC3)nn2)CC1. The van der Waals surface area contributed by atoms with Crippen LogP contribution in [0.5, 0.6) is 0 Å². The highest BCUT2D eigenvalue weighted by Crippen LogP contribution is 2.29. The molecule has 4 rings (SSSR count). The fourth-order valence-corrected chi connectivity index (χ4v) is 5.08. The number of carbonyl (C=O) groups is 2. The van der Waals surface area contributed by atoms with Crippen molar-refractivity contribution in [3.8, 4) is 6.07 Å². The van der Waals surface area contributed by atoms with Crippen LogP contribution < -0.4 is 15.1 Å². The van der Waals surface area contributed by atoms with Gasteiger partial charge in [-0.3, -0.25) is 9.59 Å². The number of aromatic nitrogens is 2. The molecule has 39 heavy (non-hydrogen) atoms. The van der Waals surface area contributed by atoms with E-state index in [2.05, 4.69) is 26.5 Å². The van der Waals surface area contributed by atoms with Crippen LogP contribution in [0.3, 0.4) is 0 Å². The maximum Gasteiger partial charge on any atom is 0.306 e. The lowest BCUT2D eigenvalue weighted by Crippen LogP contribution is -2.43. The van der Waals surface area contributed by atoms with Gasteiger partial charge in [-0.2, -0.15) is 5.26 Å². The summed E-state index contributed by atoms with van der Waals surface area (Å²) < 4.78 is 0. The van der Waals surface area contributed by atoms with Crippen LogP contribution in [0.1, 0.15) is 82.3 Å². The molecule has 0 unspecified atom stereocenters. The monoisotopic (exact) mass is 556 g/mol. The zero-order valence-electron chi connectivity index (χ0n) is 23.7. The van der Waals surface area contributed by atoms with Crippen LogP contribution in [0.25, 0.3) is 0 Å². The van der Waals surface area contributed by atoms with Gasteiger partial charge in [0.15, 0.2) is 11.5 Å². The number of carbonyl (C=O) groups excluding carboxylic acids is 1. The number of nitrogens with one attached hydrogen (secondary N) is 1. The summed E-state index contributed by atoms with van der Waals surface area (Å²) in [4.78, 5) is 28.0. The van der Waals surface area contributed by atoms with Crippen molar-refractivity contribution in [2.24, 2.45) is 5.92 Å². The second-order valence-corrected chi connectivity index (χ2v) is 9.65. The number of hydrogen-bond acceptors (Lipinski definition) is 7. The van der Waals surface area contributed by atoms with E-state index in [1.165, 1.54) is 0 Å². The molecular weight excluding hydrogens is 516 g/mol. The number of amides is 1. The van der Waals surface area contributed by atoms with Crippen molar-refractivity contribution in [1.29, 1.82) is 5.26 Å². The Kier molecular flexibility index (Phi) is 13.0. The molecule has 2 heterocycles. The fourth-order valence-electron chi connectivity index (χ4n) is 4.86. The maximum absolute atomic E-state index is 12.7. The Bertz CT molecular complexity index is 1100. The molecule has 2 aromatic rings. The first-order valence-electron chi connectivity index (χ1n) is 13.9. The van der Waals surface area contributed by atoms with Gasteiger partial charge >= 0.3 is 5.97 Å². The quantitative estimate of drug-likeness (QED) is 0.476. The van der Waals surface area contributed by atoms with Gasteiger partial charge < -0.3 is 20.2 Å². The first-order chi connectivity index (χ1) is 18.9. The number of nitriles is 1. The second kappa shape index (κ2) is 15.9. The molecule has 1 saturated heterocycles. The fraction of sp³-hybridized carbons (Fsp3) is 0.552. The molecule has 10 heteroatoms. The van der Waals surface area contributed by atoms with Crippen LogP contribution in [0.2, 0.25) is 5.02 Å². The van der Waals surface area contributed by atoms with E-state index in [0.717, 1.165) is 31.4 Å². The summed E-state index contributed by atoms with van der Waals surface area (Å²) in [5, 5.41) is 30.1. The molecule has 0 spiro atoms. The predicted octanol–water partition coefficient (Wildman–Crippen LogP) is 5.53. The van der Waals surface area contributed by atoms with Gasteiger partial charge in [-0.15, -0.1) is 10.2 Å². The smallest absolute Gasteiger partial charge is 0.306 e. The Morgan fingerprint density at radius 2 is 1.67 bits per heavy atom. The predicted molar refractivity (Wildman–Crippen MR) is 155 cm³/mol. The Labute approximate surface area is 237 Å². The minimum absolute atomic E-state index is 0.0771. The van der Waals surface area contributed by atoms with Crippen LogP contribution in [-0.2, 0) is 4.79 Å². The highest BCUT2D eigenvalue weighted by Gasteiger charge is 2.27. The van der Waals surface area contributed by atoms with Crippen LogP contribution >= 0.6 is 11.6 Å². The molecule has 9 nitrogen and oxygen atoms in total. The van der Waals surface area contributed by atoms with Crippen LogP contribution in [0.4, 0.5) is 11.5 Å². The first-order valence-corrected chi connectivity index (χ1v) is 14.3. The lowest BCUT2D eigenvalue weighted by molar-refractivity contribution is -0.142. The molecule has 0 bridgehead atoms. The van der Waals surface area contributed by atoms with Crippen molar-refractivity contribution in [3.63, 3.8) is 0 Å². The second-order valence-electron chi connectivity index (χ2n) is 9.24. The highest BCUT2D eigenvalue weighted by molar-refractivity contribution is 6.32. The molecule has 2 N–H and O–H groups in total. The topological polar surface area (TPSA) is 122 Å². The molecule has 2 aliphatic rings. The first kappa shape index (κ1) is 31.8. The summed E-state index contributed by atoms with van der Waals surface area (Å²) in [6, 6.07) is 11.4. The normalized spacial score (nSPS) is 18.8. The third kappa shape index (κ3) is 8.56. The number of carboxylic acid groups (broad SMARTS) is 1. The number of piperidine rings is 1. The maximum atomic E-state index is 12.7. The number of rotatable bonds is 6. The largest absolute Gasteiger partial charge is 0.481 e. The number of nitrogens with zero attached hydrogens (tertiary/aromatic N) is 5. The summed E-state index contributed by atoms with van der Waals surface area (Å²) >= 11 is 6.19. The highest BCUT2D eigenvalue weighted by atomic mass is 35.5. The van der Waals surface area contributed by atoms with E-state index in [1.807, 2.05) is 51.8 Å². The number of halogens is 1. The minimum Gasteiger partial charge on any atom is -0.481 e. The molecule has 1 saturated carbocycles. The van der Waals surface area contributed by atoms with Gasteiger partial charge in [0.05, 0.1) is 16.5 Å². The minimum atomic E-state index is -0.748. The van der Waals surface area contributed by atoms with Crippen molar-refractivity contribution in [3.05, 3.63) is 46.6 Å². The molecular formula is C29H41ClN6O3. The number of benzene rings is 1. The third-order valence-electron chi connectivity index (χ3n) is 7.11. The Morgan fingerprint density at radius 1 is 1.03 bits per heavy atom. The Balaban J connectivity index is 0.00000127. The van der Waals surface area contributed by atoms with E-state index < -0.39 is 5.97 Å². The molecule has 212 valence electrons. The molecule has 1 aromatic carbocycles. The Hall–Kier alpha value is -3.38. The van der Waals surface area contributed by atoms with Gasteiger partial charge in [-0.25, -0.2) is 0 Å². The van der Waals surface area contributed by atoms with Gasteiger partial charge in [-0.1, -0.05) is 39.3 Å². The lowest BCUT2D eigenvalue weighted by Gasteiger charge is -2.36. The van der Waals surface area contributed by atoms with Crippen molar-refractivity contribution < 1.29 is 14.7 Å². The van der Waals surface area contributed by atoms with Crippen LogP contribution in [0.15, 0.2) is 30.3 Å². The molecule has 2 fully saturated rings. The van der Waals surface area contributed by atoms with E-state index in [1.54, 1.807) is 18.2 Å². The average molecular weight is 557 g/mol. The zero-order valence-corrected chi connectivity index (χ0v) is 24.4. The molecule has 1 amide bonds. The molecule has 1 aliphatic heterocycles. The molecule has 0 atom stereocenters. The number of anilines is 2. The number of carboxylic acids is 1. The van der Waals surface area contributed by atoms with E-state index >= 15 is 0 Å². The molecule has 1 aromatic heterocycles. The van der Waals surface area contributed by atoms with Gasteiger partial charge in [0, 0.05) is 37.9 Å². The van der Waals surface area contributed by atoms with E-state index in [4.69, 9.17) is 22.0 Å². The van der Waals surface area contributed by atoms with Crippen molar-refractivity contribution in [2.45, 2.75) is 78.3 Å². The third-order valence-corrected chi connectivity index (χ3v) is 7.42. The Morgan fingerprint density at radius 3 is 2.18 bits per heavy atom. The van der Waals surface area contributed by atoms with Crippen molar-refractivity contribution in [1.82, 2.24) is 15.5 Å². The summed E-state index contributed by atoms with van der Waals surface area (Å²) in [5.74, 6) is -0.621. The van der Waals surface area contributed by atoms with Crippen LogP contribution in [0, 0.1) is 17.2 Å². The van der Waals surface area contributed by atoms with Gasteiger partial charge in [0.25, 0.3) is 5.91 Å². The number of hydrogen-bond donors (Lipinski definition) is 2. The van der Waals surface area contributed by atoms with Gasteiger partial charge in [0.2, 0.25) is 0 Å². The summed E-state index contributed by atoms with van der Waals surface area (Å²) in [7, 11) is 2.03. The average Bonchev–Trinajstić information content (AvgIpc) is 2.99.